The van der Waals surface area contributed by atoms with Gasteiger partial charge in [-0.25, -0.2) is 0 Å². The molecular formula is C19H30N2O2. The molecule has 128 valence electrons. The highest BCUT2D eigenvalue weighted by Gasteiger charge is 2.33. The van der Waals surface area contributed by atoms with Crippen LogP contribution in [0.5, 0.6) is 0 Å². The molecule has 0 spiro atoms. The first-order valence-corrected chi connectivity index (χ1v) is 8.84. The molecule has 0 radical (unpaired) electrons. The van der Waals surface area contributed by atoms with E-state index < -0.39 is 0 Å². The van der Waals surface area contributed by atoms with Crippen molar-refractivity contribution < 1.29 is 9.53 Å². The molecule has 4 nitrogen and oxygen atoms in total. The maximum Gasteiger partial charge on any atom is 0.226 e. The van der Waals surface area contributed by atoms with E-state index in [1.165, 1.54) is 5.56 Å². The van der Waals surface area contributed by atoms with Gasteiger partial charge in [-0.3, -0.25) is 4.79 Å². The Morgan fingerprint density at radius 3 is 2.78 bits per heavy atom. The van der Waals surface area contributed by atoms with Crippen LogP contribution >= 0.6 is 0 Å². The summed E-state index contributed by atoms with van der Waals surface area (Å²) in [5.41, 5.74) is 8.11. The third-order valence-corrected chi connectivity index (χ3v) is 4.60. The summed E-state index contributed by atoms with van der Waals surface area (Å²) in [4.78, 5) is 12.7. The molecular weight excluding hydrogens is 288 g/mol. The number of amides is 1. The normalized spacial score (nSPS) is 22.6. The summed E-state index contributed by atoms with van der Waals surface area (Å²) >= 11 is 0. The van der Waals surface area contributed by atoms with Gasteiger partial charge in [0.2, 0.25) is 5.91 Å². The van der Waals surface area contributed by atoms with Crippen molar-refractivity contribution in [1.29, 1.82) is 0 Å². The van der Waals surface area contributed by atoms with E-state index in [1.54, 1.807) is 0 Å². The Morgan fingerprint density at radius 2 is 2.13 bits per heavy atom. The lowest BCUT2D eigenvalue weighted by atomic mass is 9.88. The third kappa shape index (κ3) is 5.05. The van der Waals surface area contributed by atoms with Crippen LogP contribution in [0.25, 0.3) is 0 Å². The van der Waals surface area contributed by atoms with Crippen LogP contribution in [0.1, 0.15) is 56.3 Å². The van der Waals surface area contributed by atoms with Crippen molar-refractivity contribution in [3.8, 4) is 0 Å². The first-order chi connectivity index (χ1) is 11.2. The Labute approximate surface area is 139 Å². The zero-order valence-corrected chi connectivity index (χ0v) is 14.4. The van der Waals surface area contributed by atoms with Crippen LogP contribution in [-0.4, -0.2) is 25.1 Å². The number of aryl methyl sites for hydroxylation is 1. The van der Waals surface area contributed by atoms with Crippen LogP contribution in [0, 0.1) is 12.8 Å². The van der Waals surface area contributed by atoms with Crippen molar-refractivity contribution >= 4 is 5.91 Å². The van der Waals surface area contributed by atoms with Crippen LogP contribution in [0.15, 0.2) is 24.3 Å². The Kier molecular flexibility index (Phi) is 7.06. The number of nitrogens with two attached hydrogens (primary N) is 1. The summed E-state index contributed by atoms with van der Waals surface area (Å²) in [5.74, 6) is -0.0380. The molecule has 1 heterocycles. The number of ether oxygens (including phenoxy) is 1. The number of carbonyl (C=O) groups is 1. The molecule has 1 aromatic carbocycles. The Bertz CT molecular complexity index is 487. The van der Waals surface area contributed by atoms with Crippen LogP contribution in [0.4, 0.5) is 0 Å². The van der Waals surface area contributed by atoms with Gasteiger partial charge < -0.3 is 15.8 Å². The lowest BCUT2D eigenvalue weighted by molar-refractivity contribution is -0.135. The van der Waals surface area contributed by atoms with Crippen molar-refractivity contribution in [2.75, 3.05) is 13.2 Å². The van der Waals surface area contributed by atoms with Crippen molar-refractivity contribution in [3.05, 3.63) is 35.4 Å². The van der Waals surface area contributed by atoms with Gasteiger partial charge in [0, 0.05) is 19.2 Å². The van der Waals surface area contributed by atoms with Gasteiger partial charge >= 0.3 is 0 Å². The van der Waals surface area contributed by atoms with Crippen molar-refractivity contribution in [3.63, 3.8) is 0 Å². The molecule has 0 bridgehead atoms. The monoisotopic (exact) mass is 318 g/mol. The summed E-state index contributed by atoms with van der Waals surface area (Å²) in [6.45, 7) is 5.43. The number of unbranched alkanes of at least 4 members (excludes halogenated alkanes) is 1. The fourth-order valence-corrected chi connectivity index (χ4v) is 3.14. The van der Waals surface area contributed by atoms with Gasteiger partial charge in [0.15, 0.2) is 0 Å². The molecule has 1 amide bonds. The highest BCUT2D eigenvalue weighted by atomic mass is 16.5. The number of nitrogens with one attached hydrogen (secondary N) is 1. The SMILES string of the molecule is CCCCC(CN)NC(=O)C1CCCOC1c1ccc(C)cc1. The average molecular weight is 318 g/mol. The van der Waals surface area contributed by atoms with Crippen LogP contribution in [-0.2, 0) is 9.53 Å². The van der Waals surface area contributed by atoms with Gasteiger partial charge in [0.25, 0.3) is 0 Å². The molecule has 1 aliphatic rings. The molecule has 1 aromatic rings. The van der Waals surface area contributed by atoms with Crippen LogP contribution in [0.3, 0.4) is 0 Å². The number of carbonyl (C=O) groups excluding carboxylic acids is 1. The zero-order valence-electron chi connectivity index (χ0n) is 14.4. The van der Waals surface area contributed by atoms with E-state index >= 15 is 0 Å². The molecule has 1 aliphatic heterocycles. The van der Waals surface area contributed by atoms with E-state index in [2.05, 4.69) is 43.4 Å². The summed E-state index contributed by atoms with van der Waals surface area (Å²) in [6.07, 6.45) is 4.81. The molecule has 0 aliphatic carbocycles. The lowest BCUT2D eigenvalue weighted by Crippen LogP contribution is -2.45. The third-order valence-electron chi connectivity index (χ3n) is 4.60. The maximum atomic E-state index is 12.7. The summed E-state index contributed by atoms with van der Waals surface area (Å²) in [6, 6.07) is 8.37. The fourth-order valence-electron chi connectivity index (χ4n) is 3.14. The first-order valence-electron chi connectivity index (χ1n) is 8.84. The summed E-state index contributed by atoms with van der Waals surface area (Å²) in [5, 5.41) is 3.14. The molecule has 2 rings (SSSR count). The predicted octanol–water partition coefficient (Wildman–Crippen LogP) is 3.10. The topological polar surface area (TPSA) is 64.3 Å². The number of hydrogen-bond acceptors (Lipinski definition) is 3. The predicted molar refractivity (Wildman–Crippen MR) is 93.1 cm³/mol. The standard InChI is InChI=1S/C19H30N2O2/c1-3-4-6-16(13-20)21-19(22)17-7-5-12-23-18(17)15-10-8-14(2)9-11-15/h8-11,16-18H,3-7,12-13,20H2,1-2H3,(H,21,22). The minimum Gasteiger partial charge on any atom is -0.373 e. The number of rotatable bonds is 7. The first kappa shape index (κ1) is 18.0. The van der Waals surface area contributed by atoms with Gasteiger partial charge in [-0.05, 0) is 31.7 Å². The van der Waals surface area contributed by atoms with E-state index in [0.29, 0.717) is 6.54 Å². The minimum atomic E-state index is -0.144. The lowest BCUT2D eigenvalue weighted by Gasteiger charge is -2.32. The van der Waals surface area contributed by atoms with Crippen molar-refractivity contribution in [2.24, 2.45) is 11.7 Å². The van der Waals surface area contributed by atoms with Gasteiger partial charge in [0.1, 0.15) is 0 Å². The average Bonchev–Trinajstić information content (AvgIpc) is 2.59. The largest absolute Gasteiger partial charge is 0.373 e. The molecule has 0 saturated carbocycles. The number of hydrogen-bond donors (Lipinski definition) is 2. The maximum absolute atomic E-state index is 12.7. The second-order valence-electron chi connectivity index (χ2n) is 6.53. The van der Waals surface area contributed by atoms with Gasteiger partial charge in [-0.2, -0.15) is 0 Å². The van der Waals surface area contributed by atoms with E-state index in [9.17, 15) is 4.79 Å². The molecule has 3 N–H and O–H groups in total. The zero-order chi connectivity index (χ0) is 16.7. The molecule has 1 saturated heterocycles. The molecule has 3 atom stereocenters. The van der Waals surface area contributed by atoms with Crippen LogP contribution in [0.2, 0.25) is 0 Å². The Balaban J connectivity index is 2.04. The molecule has 23 heavy (non-hydrogen) atoms. The Morgan fingerprint density at radius 1 is 1.39 bits per heavy atom. The van der Waals surface area contributed by atoms with Gasteiger partial charge in [0.05, 0.1) is 12.0 Å². The van der Waals surface area contributed by atoms with E-state index in [1.807, 2.05) is 0 Å². The summed E-state index contributed by atoms with van der Waals surface area (Å²) in [7, 11) is 0. The van der Waals surface area contributed by atoms with Gasteiger partial charge in [-0.15, -0.1) is 0 Å². The molecule has 4 heteroatoms. The molecule has 3 unspecified atom stereocenters. The van der Waals surface area contributed by atoms with Gasteiger partial charge in [-0.1, -0.05) is 49.6 Å². The molecule has 0 aromatic heterocycles. The fraction of sp³-hybridized carbons (Fsp3) is 0.632. The van der Waals surface area contributed by atoms with E-state index in [0.717, 1.165) is 44.3 Å². The second-order valence-corrected chi connectivity index (χ2v) is 6.53. The molecule has 1 fully saturated rings. The highest BCUT2D eigenvalue weighted by Crippen LogP contribution is 2.34. The van der Waals surface area contributed by atoms with Crippen LogP contribution < -0.4 is 11.1 Å². The van der Waals surface area contributed by atoms with E-state index in [-0.39, 0.29) is 24.0 Å². The smallest absolute Gasteiger partial charge is 0.226 e. The van der Waals surface area contributed by atoms with Crippen molar-refractivity contribution in [2.45, 2.75) is 58.1 Å². The number of benzene rings is 1. The minimum absolute atomic E-state index is 0.0723. The summed E-state index contributed by atoms with van der Waals surface area (Å²) < 4.78 is 5.94. The Hall–Kier alpha value is -1.39. The highest BCUT2D eigenvalue weighted by molar-refractivity contribution is 5.80. The van der Waals surface area contributed by atoms with E-state index in [4.69, 9.17) is 10.5 Å². The second kappa shape index (κ2) is 9.04. The quantitative estimate of drug-likeness (QED) is 0.812. The van der Waals surface area contributed by atoms with Crippen molar-refractivity contribution in [1.82, 2.24) is 5.32 Å².